The molecule has 0 radical (unpaired) electrons. The topological polar surface area (TPSA) is 21.8 Å². The van der Waals surface area contributed by atoms with Gasteiger partial charge in [-0.1, -0.05) is 52.2 Å². The summed E-state index contributed by atoms with van der Waals surface area (Å²) in [6.07, 6.45) is 5.49. The lowest BCUT2D eigenvalue weighted by Gasteiger charge is -2.25. The second-order valence-electron chi connectivity index (χ2n) is 6.13. The van der Waals surface area contributed by atoms with E-state index in [0.717, 1.165) is 12.4 Å². The molecular formula is C17H26O2. The van der Waals surface area contributed by atoms with Gasteiger partial charge < -0.3 is 9.47 Å². The Morgan fingerprint density at radius 2 is 1.89 bits per heavy atom. The van der Waals surface area contributed by atoms with Crippen molar-refractivity contribution in [2.75, 3.05) is 13.2 Å². The fourth-order valence-electron chi connectivity index (χ4n) is 2.32. The van der Waals surface area contributed by atoms with E-state index in [1.54, 1.807) is 0 Å². The van der Waals surface area contributed by atoms with Crippen molar-refractivity contribution in [1.82, 2.24) is 0 Å². The fourth-order valence-corrected chi connectivity index (χ4v) is 2.32. The number of benzene rings is 1. The summed E-state index contributed by atoms with van der Waals surface area (Å²) in [7, 11) is 0. The van der Waals surface area contributed by atoms with Gasteiger partial charge in [0.15, 0.2) is 0 Å². The first-order valence-corrected chi connectivity index (χ1v) is 7.47. The Kier molecular flexibility index (Phi) is 4.87. The number of epoxide rings is 1. The normalized spacial score (nSPS) is 18.4. The molecule has 19 heavy (non-hydrogen) atoms. The predicted octanol–water partition coefficient (Wildman–Crippen LogP) is 4.32. The molecule has 1 aliphatic heterocycles. The molecule has 1 fully saturated rings. The van der Waals surface area contributed by atoms with Gasteiger partial charge in [-0.15, -0.1) is 0 Å². The summed E-state index contributed by atoms with van der Waals surface area (Å²) in [5, 5.41) is 0. The average molecular weight is 262 g/mol. The van der Waals surface area contributed by atoms with Crippen LogP contribution in [0, 0.1) is 0 Å². The zero-order chi connectivity index (χ0) is 13.7. The van der Waals surface area contributed by atoms with Gasteiger partial charge >= 0.3 is 0 Å². The van der Waals surface area contributed by atoms with Crippen molar-refractivity contribution in [1.29, 1.82) is 0 Å². The van der Waals surface area contributed by atoms with Crippen LogP contribution in [0.5, 0.6) is 5.75 Å². The van der Waals surface area contributed by atoms with E-state index in [4.69, 9.17) is 9.47 Å². The molecule has 2 rings (SSSR count). The highest BCUT2D eigenvalue weighted by Gasteiger charge is 2.23. The summed E-state index contributed by atoms with van der Waals surface area (Å²) >= 11 is 0. The zero-order valence-electron chi connectivity index (χ0n) is 12.4. The highest BCUT2D eigenvalue weighted by molar-refractivity contribution is 5.31. The molecule has 2 heteroatoms. The molecule has 1 aliphatic rings. The molecule has 1 heterocycles. The molecule has 1 atom stereocenters. The maximum atomic E-state index is 5.67. The second-order valence-corrected chi connectivity index (χ2v) is 6.13. The monoisotopic (exact) mass is 262 g/mol. The van der Waals surface area contributed by atoms with Gasteiger partial charge in [0.1, 0.15) is 18.5 Å². The Bertz CT molecular complexity index is 377. The Hall–Kier alpha value is -1.02. The molecular weight excluding hydrogens is 236 g/mol. The van der Waals surface area contributed by atoms with Crippen molar-refractivity contribution in [3.05, 3.63) is 29.8 Å². The van der Waals surface area contributed by atoms with E-state index in [2.05, 4.69) is 45.0 Å². The predicted molar refractivity (Wildman–Crippen MR) is 78.8 cm³/mol. The first-order valence-electron chi connectivity index (χ1n) is 7.47. The van der Waals surface area contributed by atoms with Crippen molar-refractivity contribution < 1.29 is 9.47 Å². The minimum atomic E-state index is 0.257. The van der Waals surface area contributed by atoms with E-state index in [-0.39, 0.29) is 5.41 Å². The molecule has 0 saturated carbocycles. The largest absolute Gasteiger partial charge is 0.491 e. The maximum absolute atomic E-state index is 5.67. The van der Waals surface area contributed by atoms with Gasteiger partial charge in [0.2, 0.25) is 0 Å². The molecule has 0 N–H and O–H groups in total. The van der Waals surface area contributed by atoms with E-state index in [0.29, 0.717) is 12.7 Å². The van der Waals surface area contributed by atoms with E-state index in [1.165, 1.54) is 31.2 Å². The summed E-state index contributed by atoms with van der Waals surface area (Å²) in [6.45, 7) is 8.44. The van der Waals surface area contributed by atoms with E-state index >= 15 is 0 Å². The van der Waals surface area contributed by atoms with Gasteiger partial charge in [0, 0.05) is 0 Å². The zero-order valence-corrected chi connectivity index (χ0v) is 12.4. The number of hydrogen-bond donors (Lipinski definition) is 0. The first kappa shape index (κ1) is 14.4. The number of ether oxygens (including phenoxy) is 2. The molecule has 0 bridgehead atoms. The summed E-state index contributed by atoms with van der Waals surface area (Å²) < 4.78 is 10.8. The maximum Gasteiger partial charge on any atom is 0.119 e. The highest BCUT2D eigenvalue weighted by atomic mass is 16.6. The van der Waals surface area contributed by atoms with E-state index < -0.39 is 0 Å². The van der Waals surface area contributed by atoms with Crippen LogP contribution in [-0.2, 0) is 10.2 Å². The van der Waals surface area contributed by atoms with E-state index in [1.807, 2.05) is 0 Å². The molecule has 1 aromatic carbocycles. The van der Waals surface area contributed by atoms with Gasteiger partial charge in [0.25, 0.3) is 0 Å². The summed E-state index contributed by atoms with van der Waals surface area (Å²) in [4.78, 5) is 0. The van der Waals surface area contributed by atoms with Crippen LogP contribution in [0.4, 0.5) is 0 Å². The van der Waals surface area contributed by atoms with Crippen LogP contribution in [0.25, 0.3) is 0 Å². The van der Waals surface area contributed by atoms with Crippen molar-refractivity contribution >= 4 is 0 Å². The minimum absolute atomic E-state index is 0.257. The molecule has 1 saturated heterocycles. The molecule has 0 spiro atoms. The Balaban J connectivity index is 1.87. The van der Waals surface area contributed by atoms with Crippen LogP contribution in [0.2, 0.25) is 0 Å². The molecule has 0 aromatic heterocycles. The summed E-state index contributed by atoms with van der Waals surface area (Å²) in [6, 6.07) is 8.57. The Morgan fingerprint density at radius 1 is 1.21 bits per heavy atom. The summed E-state index contributed by atoms with van der Waals surface area (Å²) in [5.41, 5.74) is 1.66. The summed E-state index contributed by atoms with van der Waals surface area (Å²) in [5.74, 6) is 0.948. The van der Waals surface area contributed by atoms with Gasteiger partial charge in [-0.2, -0.15) is 0 Å². The third kappa shape index (κ3) is 4.54. The second kappa shape index (κ2) is 6.42. The van der Waals surface area contributed by atoms with Crippen LogP contribution in [0.1, 0.15) is 52.0 Å². The SMILES string of the molecule is CCCCCC(C)(C)c1ccc(OCC2CO2)cc1. The van der Waals surface area contributed by atoms with Gasteiger partial charge in [-0.05, 0) is 29.5 Å². The fraction of sp³-hybridized carbons (Fsp3) is 0.647. The van der Waals surface area contributed by atoms with Crippen LogP contribution >= 0.6 is 0 Å². The molecule has 0 aliphatic carbocycles. The van der Waals surface area contributed by atoms with Gasteiger partial charge in [-0.3, -0.25) is 0 Å². The molecule has 106 valence electrons. The van der Waals surface area contributed by atoms with Crippen molar-refractivity contribution in [3.63, 3.8) is 0 Å². The van der Waals surface area contributed by atoms with Crippen LogP contribution in [0.3, 0.4) is 0 Å². The number of hydrogen-bond acceptors (Lipinski definition) is 2. The average Bonchev–Trinajstić information content (AvgIpc) is 3.21. The number of unbranched alkanes of at least 4 members (excludes halogenated alkanes) is 2. The van der Waals surface area contributed by atoms with Crippen molar-refractivity contribution in [3.8, 4) is 5.75 Å². The van der Waals surface area contributed by atoms with Crippen molar-refractivity contribution in [2.24, 2.45) is 0 Å². The third-order valence-corrected chi connectivity index (χ3v) is 3.88. The third-order valence-electron chi connectivity index (χ3n) is 3.88. The van der Waals surface area contributed by atoms with Crippen LogP contribution < -0.4 is 4.74 Å². The van der Waals surface area contributed by atoms with Crippen molar-refractivity contribution in [2.45, 2.75) is 58.0 Å². The standard InChI is InChI=1S/C17H26O2/c1-4-5-6-11-17(2,3)14-7-9-15(10-8-14)18-12-16-13-19-16/h7-10,16H,4-6,11-13H2,1-3H3. The molecule has 0 amide bonds. The molecule has 2 nitrogen and oxygen atoms in total. The number of rotatable bonds is 8. The molecule has 1 unspecified atom stereocenters. The van der Waals surface area contributed by atoms with Crippen LogP contribution in [0.15, 0.2) is 24.3 Å². The lowest BCUT2D eigenvalue weighted by molar-refractivity contribution is 0.263. The minimum Gasteiger partial charge on any atom is -0.491 e. The van der Waals surface area contributed by atoms with Gasteiger partial charge in [0.05, 0.1) is 6.61 Å². The Labute approximate surface area is 117 Å². The molecule has 1 aromatic rings. The quantitative estimate of drug-likeness (QED) is 0.514. The Morgan fingerprint density at radius 3 is 2.47 bits per heavy atom. The smallest absolute Gasteiger partial charge is 0.119 e. The van der Waals surface area contributed by atoms with Gasteiger partial charge in [-0.25, -0.2) is 0 Å². The first-order chi connectivity index (χ1) is 9.12. The van der Waals surface area contributed by atoms with Crippen LogP contribution in [-0.4, -0.2) is 19.3 Å². The lowest BCUT2D eigenvalue weighted by Crippen LogP contribution is -2.16. The highest BCUT2D eigenvalue weighted by Crippen LogP contribution is 2.30. The van der Waals surface area contributed by atoms with E-state index in [9.17, 15) is 0 Å². The lowest BCUT2D eigenvalue weighted by atomic mass is 9.80.